The van der Waals surface area contributed by atoms with Crippen LogP contribution in [0.25, 0.3) is 0 Å². The summed E-state index contributed by atoms with van der Waals surface area (Å²) in [6.45, 7) is 4.66. The molecule has 3 aromatic rings. The number of urea groups is 1. The third-order valence-corrected chi connectivity index (χ3v) is 3.64. The molecule has 2 amide bonds. The van der Waals surface area contributed by atoms with E-state index >= 15 is 0 Å². The average molecular weight is 362 g/mol. The molecule has 0 saturated carbocycles. The average Bonchev–Trinajstić information content (AvgIpc) is 2.64. The highest BCUT2D eigenvalue weighted by Gasteiger charge is 2.04. The molecule has 138 valence electrons. The highest BCUT2D eigenvalue weighted by Crippen LogP contribution is 2.20. The summed E-state index contributed by atoms with van der Waals surface area (Å²) in [5.74, 6) is 2.18. The Balaban J connectivity index is 1.61. The van der Waals surface area contributed by atoms with Gasteiger partial charge in [0.15, 0.2) is 0 Å². The number of rotatable bonds is 6. The molecule has 0 radical (unpaired) electrons. The molecule has 1 aromatic heterocycles. The van der Waals surface area contributed by atoms with Gasteiger partial charge in [-0.1, -0.05) is 18.2 Å². The van der Waals surface area contributed by atoms with Gasteiger partial charge in [0.05, 0.1) is 0 Å². The third-order valence-electron chi connectivity index (χ3n) is 3.64. The fourth-order valence-corrected chi connectivity index (χ4v) is 2.50. The molecule has 7 nitrogen and oxygen atoms in total. The summed E-state index contributed by atoms with van der Waals surface area (Å²) in [7, 11) is 0. The minimum Gasteiger partial charge on any atom is -0.370 e. The van der Waals surface area contributed by atoms with Crippen molar-refractivity contribution < 1.29 is 4.79 Å². The molecular formula is C20H22N6O. The summed E-state index contributed by atoms with van der Waals surface area (Å²) in [6, 6.07) is 18.3. The highest BCUT2D eigenvalue weighted by atomic mass is 16.2. The van der Waals surface area contributed by atoms with E-state index in [2.05, 4.69) is 31.2 Å². The van der Waals surface area contributed by atoms with E-state index in [-0.39, 0.29) is 6.03 Å². The summed E-state index contributed by atoms with van der Waals surface area (Å²) >= 11 is 0. The molecule has 27 heavy (non-hydrogen) atoms. The Bertz CT molecular complexity index is 896. The third kappa shape index (κ3) is 5.43. The van der Waals surface area contributed by atoms with Crippen LogP contribution in [0.1, 0.15) is 12.7 Å². The molecule has 0 aliphatic heterocycles. The normalized spacial score (nSPS) is 10.1. The van der Waals surface area contributed by atoms with Gasteiger partial charge in [0, 0.05) is 29.7 Å². The first-order valence-corrected chi connectivity index (χ1v) is 8.72. The van der Waals surface area contributed by atoms with E-state index in [0.29, 0.717) is 17.3 Å². The Labute approximate surface area is 158 Å². The van der Waals surface area contributed by atoms with E-state index in [9.17, 15) is 4.79 Å². The maximum Gasteiger partial charge on any atom is 0.323 e. The van der Waals surface area contributed by atoms with E-state index in [4.69, 9.17) is 0 Å². The molecule has 0 aliphatic rings. The molecule has 0 saturated heterocycles. The number of aryl methyl sites for hydroxylation is 1. The zero-order valence-corrected chi connectivity index (χ0v) is 15.3. The predicted molar refractivity (Wildman–Crippen MR) is 110 cm³/mol. The molecular weight excluding hydrogens is 340 g/mol. The minimum atomic E-state index is -0.288. The first kappa shape index (κ1) is 18.2. The van der Waals surface area contributed by atoms with Gasteiger partial charge in [0.25, 0.3) is 0 Å². The van der Waals surface area contributed by atoms with Crippen LogP contribution in [0.4, 0.5) is 33.5 Å². The summed E-state index contributed by atoms with van der Waals surface area (Å²) < 4.78 is 0. The lowest BCUT2D eigenvalue weighted by Crippen LogP contribution is -2.19. The van der Waals surface area contributed by atoms with Crippen LogP contribution in [-0.4, -0.2) is 22.5 Å². The Morgan fingerprint density at radius 1 is 0.852 bits per heavy atom. The number of para-hydroxylation sites is 1. The Morgan fingerprint density at radius 3 is 2.11 bits per heavy atom. The lowest BCUT2D eigenvalue weighted by atomic mass is 10.2. The Morgan fingerprint density at radius 2 is 1.44 bits per heavy atom. The van der Waals surface area contributed by atoms with Crippen molar-refractivity contribution in [3.8, 4) is 0 Å². The van der Waals surface area contributed by atoms with Crippen molar-refractivity contribution >= 4 is 34.7 Å². The quantitative estimate of drug-likeness (QED) is 0.514. The Hall–Kier alpha value is -3.61. The maximum absolute atomic E-state index is 12.0. The number of nitrogens with zero attached hydrogens (tertiary/aromatic N) is 2. The van der Waals surface area contributed by atoms with E-state index in [1.54, 1.807) is 0 Å². The van der Waals surface area contributed by atoms with Crippen LogP contribution >= 0.6 is 0 Å². The SMILES string of the molecule is CCNc1cc(Nc2ccc(NC(=O)Nc3ccccc3)cc2)nc(C)n1. The number of carbonyl (C=O) groups excluding carboxylic acids is 1. The van der Waals surface area contributed by atoms with Crippen molar-refractivity contribution in [3.05, 3.63) is 66.5 Å². The molecule has 3 rings (SSSR count). The zero-order valence-electron chi connectivity index (χ0n) is 15.3. The van der Waals surface area contributed by atoms with Crippen LogP contribution in [0.15, 0.2) is 60.7 Å². The molecule has 0 aliphatic carbocycles. The maximum atomic E-state index is 12.0. The second-order valence-corrected chi connectivity index (χ2v) is 5.86. The second-order valence-electron chi connectivity index (χ2n) is 5.86. The van der Waals surface area contributed by atoms with Gasteiger partial charge >= 0.3 is 6.03 Å². The van der Waals surface area contributed by atoms with E-state index in [1.807, 2.05) is 74.5 Å². The van der Waals surface area contributed by atoms with Crippen LogP contribution in [0.3, 0.4) is 0 Å². The number of carbonyl (C=O) groups is 1. The first-order valence-electron chi connectivity index (χ1n) is 8.72. The van der Waals surface area contributed by atoms with Crippen molar-refractivity contribution in [2.24, 2.45) is 0 Å². The largest absolute Gasteiger partial charge is 0.370 e. The standard InChI is InChI=1S/C20H22N6O/c1-3-21-18-13-19(23-14(2)22-18)24-16-9-11-17(12-10-16)26-20(27)25-15-7-5-4-6-8-15/h4-13H,3H2,1-2H3,(H2,25,26,27)(H2,21,22,23,24). The van der Waals surface area contributed by atoms with Crippen LogP contribution in [0.2, 0.25) is 0 Å². The van der Waals surface area contributed by atoms with Crippen LogP contribution in [0.5, 0.6) is 0 Å². The predicted octanol–water partition coefficient (Wildman–Crippen LogP) is 4.60. The fraction of sp³-hybridized carbons (Fsp3) is 0.150. The van der Waals surface area contributed by atoms with Gasteiger partial charge in [-0.05, 0) is 50.2 Å². The molecule has 7 heteroatoms. The van der Waals surface area contributed by atoms with Gasteiger partial charge in [-0.2, -0.15) is 0 Å². The monoisotopic (exact) mass is 362 g/mol. The number of nitrogens with one attached hydrogen (secondary N) is 4. The molecule has 2 aromatic carbocycles. The lowest BCUT2D eigenvalue weighted by Gasteiger charge is -2.11. The Kier molecular flexibility index (Phi) is 5.84. The van der Waals surface area contributed by atoms with Gasteiger partial charge in [-0.25, -0.2) is 14.8 Å². The van der Waals surface area contributed by atoms with Gasteiger partial charge in [0.1, 0.15) is 17.5 Å². The minimum absolute atomic E-state index is 0.288. The summed E-state index contributed by atoms with van der Waals surface area (Å²) in [6.07, 6.45) is 0. The van der Waals surface area contributed by atoms with Crippen molar-refractivity contribution in [3.63, 3.8) is 0 Å². The molecule has 4 N–H and O–H groups in total. The number of amides is 2. The van der Waals surface area contributed by atoms with Crippen LogP contribution in [0, 0.1) is 6.92 Å². The van der Waals surface area contributed by atoms with E-state index < -0.39 is 0 Å². The molecule has 0 bridgehead atoms. The smallest absolute Gasteiger partial charge is 0.323 e. The number of hydrogen-bond acceptors (Lipinski definition) is 5. The summed E-state index contributed by atoms with van der Waals surface area (Å²) in [5, 5.41) is 12.0. The fourth-order valence-electron chi connectivity index (χ4n) is 2.50. The van der Waals surface area contributed by atoms with Crippen molar-refractivity contribution in [2.75, 3.05) is 27.8 Å². The lowest BCUT2D eigenvalue weighted by molar-refractivity contribution is 0.262. The zero-order chi connectivity index (χ0) is 19.1. The van der Waals surface area contributed by atoms with E-state index in [1.165, 1.54) is 0 Å². The topological polar surface area (TPSA) is 91.0 Å². The first-order chi connectivity index (χ1) is 13.1. The summed E-state index contributed by atoms with van der Waals surface area (Å²) in [5.41, 5.74) is 2.30. The molecule has 0 unspecified atom stereocenters. The number of anilines is 5. The molecule has 0 spiro atoms. The van der Waals surface area contributed by atoms with Crippen LogP contribution in [-0.2, 0) is 0 Å². The number of aromatic nitrogens is 2. The van der Waals surface area contributed by atoms with Gasteiger partial charge in [-0.15, -0.1) is 0 Å². The molecule has 0 fully saturated rings. The summed E-state index contributed by atoms with van der Waals surface area (Å²) in [4.78, 5) is 20.7. The van der Waals surface area contributed by atoms with Gasteiger partial charge in [-0.3, -0.25) is 0 Å². The highest BCUT2D eigenvalue weighted by molar-refractivity contribution is 5.99. The van der Waals surface area contributed by atoms with Crippen LogP contribution < -0.4 is 21.3 Å². The molecule has 0 atom stereocenters. The number of hydrogen-bond donors (Lipinski definition) is 4. The number of benzene rings is 2. The van der Waals surface area contributed by atoms with Gasteiger partial charge < -0.3 is 21.3 Å². The van der Waals surface area contributed by atoms with Crippen molar-refractivity contribution in [1.29, 1.82) is 0 Å². The van der Waals surface area contributed by atoms with Gasteiger partial charge in [0.2, 0.25) is 0 Å². The van der Waals surface area contributed by atoms with E-state index in [0.717, 1.165) is 23.7 Å². The van der Waals surface area contributed by atoms with Crippen molar-refractivity contribution in [1.82, 2.24) is 9.97 Å². The molecule has 1 heterocycles. The second kappa shape index (κ2) is 8.66. The van der Waals surface area contributed by atoms with Crippen molar-refractivity contribution in [2.45, 2.75) is 13.8 Å².